The van der Waals surface area contributed by atoms with Crippen LogP contribution < -0.4 is 14.9 Å². The molecule has 1 aliphatic heterocycles. The Labute approximate surface area is 208 Å². The van der Waals surface area contributed by atoms with Crippen molar-refractivity contribution in [2.45, 2.75) is 33.4 Å². The van der Waals surface area contributed by atoms with E-state index in [0.717, 1.165) is 11.1 Å². The van der Waals surface area contributed by atoms with Crippen LogP contribution in [-0.4, -0.2) is 24.0 Å². The van der Waals surface area contributed by atoms with Gasteiger partial charge in [-0.05, 0) is 67.8 Å². The van der Waals surface area contributed by atoms with Crippen LogP contribution in [0.4, 0.5) is 0 Å². The van der Waals surface area contributed by atoms with Crippen molar-refractivity contribution in [2.24, 2.45) is 0 Å². The molecule has 36 heavy (non-hydrogen) atoms. The Hall–Kier alpha value is -4.26. The largest absolute Gasteiger partial charge is 0.490 e. The summed E-state index contributed by atoms with van der Waals surface area (Å²) in [5.41, 5.74) is 2.97. The van der Waals surface area contributed by atoms with E-state index >= 15 is 0 Å². The Morgan fingerprint density at radius 3 is 2.64 bits per heavy atom. The number of hydrogen-bond acceptors (Lipinski definition) is 6. The molecule has 184 valence electrons. The third-order valence-corrected chi connectivity index (χ3v) is 6.26. The molecule has 2 aromatic carbocycles. The summed E-state index contributed by atoms with van der Waals surface area (Å²) in [7, 11) is 0. The van der Waals surface area contributed by atoms with E-state index in [0.29, 0.717) is 52.6 Å². The summed E-state index contributed by atoms with van der Waals surface area (Å²) in [5, 5.41) is 0.480. The topological polar surface area (TPSA) is 82.1 Å². The molecule has 0 saturated carbocycles. The lowest BCUT2D eigenvalue weighted by Gasteiger charge is -2.25. The maximum Gasteiger partial charge on any atom is 0.291 e. The van der Waals surface area contributed by atoms with Crippen LogP contribution in [0, 0.1) is 13.8 Å². The molecule has 1 aliphatic rings. The average molecular weight is 486 g/mol. The summed E-state index contributed by atoms with van der Waals surface area (Å²) in [6.45, 7) is 10.3. The number of nitrogens with zero attached hydrogens (tertiary/aromatic N) is 1. The van der Waals surface area contributed by atoms with Gasteiger partial charge in [-0.3, -0.25) is 9.59 Å². The van der Waals surface area contributed by atoms with Crippen molar-refractivity contribution in [3.05, 3.63) is 105 Å². The van der Waals surface area contributed by atoms with E-state index in [1.807, 2.05) is 39.0 Å². The normalized spacial score (nSPS) is 14.8. The van der Waals surface area contributed by atoms with Gasteiger partial charge in [-0.1, -0.05) is 24.8 Å². The molecule has 4 aromatic rings. The van der Waals surface area contributed by atoms with Gasteiger partial charge in [0, 0.05) is 0 Å². The minimum Gasteiger partial charge on any atom is -0.490 e. The summed E-state index contributed by atoms with van der Waals surface area (Å²) >= 11 is 0. The monoisotopic (exact) mass is 485 g/mol. The zero-order chi connectivity index (χ0) is 25.4. The molecular weight excluding hydrogens is 458 g/mol. The highest BCUT2D eigenvalue weighted by Crippen LogP contribution is 2.42. The SMILES string of the molecule is C=CCOc1ccc(C2c3c(oc4cc(C)cc(C)c4c3=O)C(=O)N2Cc2ccco2)cc1OCC. The Morgan fingerprint density at radius 1 is 1.08 bits per heavy atom. The highest BCUT2D eigenvalue weighted by Gasteiger charge is 2.43. The Kier molecular flexibility index (Phi) is 6.14. The highest BCUT2D eigenvalue weighted by molar-refractivity contribution is 5.99. The van der Waals surface area contributed by atoms with E-state index in [1.165, 1.54) is 0 Å². The van der Waals surface area contributed by atoms with Crippen molar-refractivity contribution in [1.82, 2.24) is 4.90 Å². The average Bonchev–Trinajstić information content (AvgIpc) is 3.45. The van der Waals surface area contributed by atoms with Gasteiger partial charge in [0.2, 0.25) is 5.76 Å². The Morgan fingerprint density at radius 2 is 1.92 bits per heavy atom. The fourth-order valence-electron chi connectivity index (χ4n) is 4.82. The highest BCUT2D eigenvalue weighted by atomic mass is 16.5. The van der Waals surface area contributed by atoms with Gasteiger partial charge in [0.05, 0.1) is 36.4 Å². The van der Waals surface area contributed by atoms with Gasteiger partial charge < -0.3 is 23.2 Å². The van der Waals surface area contributed by atoms with Crippen LogP contribution in [0.25, 0.3) is 11.0 Å². The van der Waals surface area contributed by atoms with Gasteiger partial charge in [-0.25, -0.2) is 0 Å². The first-order valence-electron chi connectivity index (χ1n) is 11.8. The van der Waals surface area contributed by atoms with E-state index in [9.17, 15) is 9.59 Å². The molecule has 0 N–H and O–H groups in total. The number of carbonyl (C=O) groups is 1. The number of hydrogen-bond donors (Lipinski definition) is 0. The quantitative estimate of drug-likeness (QED) is 0.297. The van der Waals surface area contributed by atoms with Gasteiger partial charge in [-0.15, -0.1) is 0 Å². The number of aryl methyl sites for hydroxylation is 2. The van der Waals surface area contributed by atoms with Crippen LogP contribution in [0.2, 0.25) is 0 Å². The minimum absolute atomic E-state index is 0.0546. The molecule has 0 bridgehead atoms. The second kappa shape index (κ2) is 9.41. The lowest BCUT2D eigenvalue weighted by atomic mass is 9.96. The molecule has 0 spiro atoms. The molecule has 5 rings (SSSR count). The molecule has 1 atom stereocenters. The summed E-state index contributed by atoms with van der Waals surface area (Å²) in [6.07, 6.45) is 3.21. The number of benzene rings is 2. The first-order valence-corrected chi connectivity index (χ1v) is 11.8. The number of fused-ring (bicyclic) bond motifs is 2. The van der Waals surface area contributed by atoms with Crippen LogP contribution in [0.3, 0.4) is 0 Å². The van der Waals surface area contributed by atoms with Crippen molar-refractivity contribution in [3.8, 4) is 11.5 Å². The van der Waals surface area contributed by atoms with Gasteiger partial charge in [0.15, 0.2) is 16.9 Å². The molecule has 3 heterocycles. The Bertz CT molecular complexity index is 1520. The number of carbonyl (C=O) groups excluding carboxylic acids is 1. The molecular formula is C29H27NO6. The molecule has 1 unspecified atom stereocenters. The van der Waals surface area contributed by atoms with Crippen molar-refractivity contribution in [3.63, 3.8) is 0 Å². The lowest BCUT2D eigenvalue weighted by Crippen LogP contribution is -2.29. The summed E-state index contributed by atoms with van der Waals surface area (Å²) in [6, 6.07) is 12.0. The smallest absolute Gasteiger partial charge is 0.291 e. The zero-order valence-electron chi connectivity index (χ0n) is 20.5. The molecule has 2 aromatic heterocycles. The van der Waals surface area contributed by atoms with Gasteiger partial charge in [-0.2, -0.15) is 0 Å². The van der Waals surface area contributed by atoms with E-state index in [4.69, 9.17) is 18.3 Å². The van der Waals surface area contributed by atoms with Crippen LogP contribution in [-0.2, 0) is 6.54 Å². The molecule has 1 amide bonds. The van der Waals surface area contributed by atoms with Crippen LogP contribution in [0.1, 0.15) is 51.5 Å². The number of amides is 1. The fraction of sp³-hybridized carbons (Fsp3) is 0.241. The zero-order valence-corrected chi connectivity index (χ0v) is 20.5. The van der Waals surface area contributed by atoms with Crippen molar-refractivity contribution in [2.75, 3.05) is 13.2 Å². The predicted octanol–water partition coefficient (Wildman–Crippen LogP) is 5.71. The maximum absolute atomic E-state index is 13.9. The molecule has 0 aliphatic carbocycles. The van der Waals surface area contributed by atoms with E-state index in [1.54, 1.807) is 41.5 Å². The standard InChI is InChI=1S/C29H27NO6/c1-5-11-35-21-10-9-19(15-22(21)33-6-2)26-25-27(31)24-18(4)13-17(3)14-23(24)36-28(25)29(32)30(26)16-20-8-7-12-34-20/h5,7-10,12-15,26H,1,6,11,16H2,2-4H3. The molecule has 7 nitrogen and oxygen atoms in total. The molecule has 7 heteroatoms. The second-order valence-electron chi connectivity index (χ2n) is 8.78. The Balaban J connectivity index is 1.72. The van der Waals surface area contributed by atoms with E-state index in [2.05, 4.69) is 6.58 Å². The third kappa shape index (κ3) is 3.96. The van der Waals surface area contributed by atoms with E-state index in [-0.39, 0.29) is 23.6 Å². The van der Waals surface area contributed by atoms with Gasteiger partial charge in [0.1, 0.15) is 18.0 Å². The van der Waals surface area contributed by atoms with E-state index < -0.39 is 6.04 Å². The molecule has 0 fully saturated rings. The van der Waals surface area contributed by atoms with Crippen molar-refractivity contribution < 1.29 is 23.1 Å². The third-order valence-electron chi connectivity index (χ3n) is 6.26. The molecule has 0 radical (unpaired) electrons. The summed E-state index contributed by atoms with van der Waals surface area (Å²) < 4.78 is 23.3. The number of ether oxygens (including phenoxy) is 2. The van der Waals surface area contributed by atoms with Crippen LogP contribution in [0.15, 0.2) is 75.0 Å². The van der Waals surface area contributed by atoms with Crippen LogP contribution >= 0.6 is 0 Å². The number of rotatable bonds is 8. The van der Waals surface area contributed by atoms with Gasteiger partial charge >= 0.3 is 0 Å². The first-order chi connectivity index (χ1) is 17.4. The molecule has 0 saturated heterocycles. The van der Waals surface area contributed by atoms with Crippen LogP contribution in [0.5, 0.6) is 11.5 Å². The fourth-order valence-corrected chi connectivity index (χ4v) is 4.82. The summed E-state index contributed by atoms with van der Waals surface area (Å²) in [4.78, 5) is 29.2. The van der Waals surface area contributed by atoms with Gasteiger partial charge in [0.25, 0.3) is 5.91 Å². The van der Waals surface area contributed by atoms with Crippen molar-refractivity contribution in [1.29, 1.82) is 0 Å². The minimum atomic E-state index is -0.688. The first kappa shape index (κ1) is 23.5. The lowest BCUT2D eigenvalue weighted by molar-refractivity contribution is 0.0701. The maximum atomic E-state index is 13.9. The number of furan rings is 1. The second-order valence-corrected chi connectivity index (χ2v) is 8.78. The summed E-state index contributed by atoms with van der Waals surface area (Å²) in [5.74, 6) is 1.36. The van der Waals surface area contributed by atoms with Crippen molar-refractivity contribution >= 4 is 16.9 Å². The predicted molar refractivity (Wildman–Crippen MR) is 136 cm³/mol.